The summed E-state index contributed by atoms with van der Waals surface area (Å²) < 4.78 is 0. The summed E-state index contributed by atoms with van der Waals surface area (Å²) in [7, 11) is 0. The van der Waals surface area contributed by atoms with Crippen LogP contribution in [-0.4, -0.2) is 43.3 Å². The number of anilines is 1. The molecule has 5 rings (SSSR count). The van der Waals surface area contributed by atoms with Crippen molar-refractivity contribution in [3.05, 3.63) is 35.8 Å². The van der Waals surface area contributed by atoms with Crippen LogP contribution in [0.25, 0.3) is 22.2 Å². The summed E-state index contributed by atoms with van der Waals surface area (Å²) in [5.41, 5.74) is 2.90. The van der Waals surface area contributed by atoms with Gasteiger partial charge in [-0.2, -0.15) is 0 Å². The highest BCUT2D eigenvalue weighted by molar-refractivity contribution is 8.01. The van der Waals surface area contributed by atoms with Gasteiger partial charge in [-0.1, -0.05) is 18.2 Å². The molecule has 0 spiro atoms. The number of benzene rings is 1. The maximum absolute atomic E-state index is 12.8. The molecule has 0 aliphatic carbocycles. The van der Waals surface area contributed by atoms with Crippen LogP contribution in [0.1, 0.15) is 19.8 Å². The molecule has 2 atom stereocenters. The molecule has 2 unspecified atom stereocenters. The molecule has 1 aromatic carbocycles. The third-order valence-electron chi connectivity index (χ3n) is 5.35. The Morgan fingerprint density at radius 3 is 3.15 bits per heavy atom. The molecule has 2 aliphatic heterocycles. The second-order valence-electron chi connectivity index (χ2n) is 7.04. The predicted molar refractivity (Wildman–Crippen MR) is 109 cm³/mol. The first kappa shape index (κ1) is 16.8. The van der Waals surface area contributed by atoms with Crippen LogP contribution >= 0.6 is 23.1 Å². The average molecular weight is 399 g/mol. The summed E-state index contributed by atoms with van der Waals surface area (Å²) in [4.78, 5) is 34.4. The summed E-state index contributed by atoms with van der Waals surface area (Å²) in [6, 6.07) is 7.64. The van der Waals surface area contributed by atoms with Gasteiger partial charge < -0.3 is 15.2 Å². The molecule has 2 saturated heterocycles. The highest BCUT2D eigenvalue weighted by Crippen LogP contribution is 2.47. The van der Waals surface area contributed by atoms with E-state index in [1.807, 2.05) is 42.8 Å². The van der Waals surface area contributed by atoms with Crippen molar-refractivity contribution in [2.24, 2.45) is 0 Å². The molecule has 2 N–H and O–H groups in total. The van der Waals surface area contributed by atoms with E-state index in [2.05, 4.69) is 15.3 Å². The zero-order valence-electron chi connectivity index (χ0n) is 14.7. The lowest BCUT2D eigenvalue weighted by atomic mass is 10.1. The number of rotatable bonds is 3. The fraction of sp³-hybridized carbons (Fsp3) is 0.316. The lowest BCUT2D eigenvalue weighted by Gasteiger charge is -2.29. The third kappa shape index (κ3) is 2.66. The van der Waals surface area contributed by atoms with E-state index in [0.29, 0.717) is 17.3 Å². The Balaban J connectivity index is 1.37. The van der Waals surface area contributed by atoms with Crippen LogP contribution in [0.5, 0.6) is 0 Å². The third-order valence-corrected chi connectivity index (χ3v) is 7.61. The maximum Gasteiger partial charge on any atom is 0.249 e. The largest absolute Gasteiger partial charge is 0.360 e. The van der Waals surface area contributed by atoms with E-state index in [0.717, 1.165) is 28.6 Å². The van der Waals surface area contributed by atoms with Gasteiger partial charge in [0.2, 0.25) is 11.8 Å². The number of carbonyl (C=O) groups excluding carboxylic acids is 2. The molecule has 2 aromatic heterocycles. The molecule has 138 valence electrons. The smallest absolute Gasteiger partial charge is 0.249 e. The molecule has 8 heteroatoms. The van der Waals surface area contributed by atoms with E-state index in [-0.39, 0.29) is 16.7 Å². The number of fused-ring (bicyclic) bond motifs is 2. The predicted octanol–water partition coefficient (Wildman–Crippen LogP) is 3.68. The van der Waals surface area contributed by atoms with Gasteiger partial charge in [0, 0.05) is 40.2 Å². The van der Waals surface area contributed by atoms with Crippen LogP contribution in [0.3, 0.4) is 0 Å². The standard InChI is InChI=1S/C19H18N4O2S2/c1-19-7-6-16(24)23(19)15(10-27-19)17(25)22-18-21-14(9-26-18)12-8-20-13-5-3-2-4-11(12)13/h2-5,8-9,15,20H,6-7,10H2,1H3,(H,21,22,25). The van der Waals surface area contributed by atoms with Crippen LogP contribution in [-0.2, 0) is 9.59 Å². The van der Waals surface area contributed by atoms with Crippen molar-refractivity contribution >= 4 is 50.9 Å². The van der Waals surface area contributed by atoms with E-state index in [4.69, 9.17) is 0 Å². The number of aromatic nitrogens is 2. The fourth-order valence-corrected chi connectivity index (χ4v) is 6.09. The molecule has 0 bridgehead atoms. The number of carbonyl (C=O) groups is 2. The lowest BCUT2D eigenvalue weighted by Crippen LogP contribution is -2.48. The zero-order valence-corrected chi connectivity index (χ0v) is 16.3. The Morgan fingerprint density at radius 2 is 2.26 bits per heavy atom. The van der Waals surface area contributed by atoms with Gasteiger partial charge in [-0.25, -0.2) is 4.98 Å². The van der Waals surface area contributed by atoms with Crippen molar-refractivity contribution in [2.75, 3.05) is 11.1 Å². The van der Waals surface area contributed by atoms with Gasteiger partial charge in [0.25, 0.3) is 0 Å². The number of thiazole rings is 1. The Kier molecular flexibility index (Phi) is 3.80. The zero-order chi connectivity index (χ0) is 18.6. The first-order valence-electron chi connectivity index (χ1n) is 8.84. The van der Waals surface area contributed by atoms with Crippen molar-refractivity contribution in [1.29, 1.82) is 0 Å². The summed E-state index contributed by atoms with van der Waals surface area (Å²) in [5, 5.41) is 6.52. The number of hydrogen-bond donors (Lipinski definition) is 2. The number of hydrogen-bond acceptors (Lipinski definition) is 5. The van der Waals surface area contributed by atoms with Gasteiger partial charge in [0.15, 0.2) is 5.13 Å². The molecule has 0 radical (unpaired) electrons. The summed E-state index contributed by atoms with van der Waals surface area (Å²) in [6.45, 7) is 2.05. The van der Waals surface area contributed by atoms with Crippen LogP contribution < -0.4 is 5.32 Å². The van der Waals surface area contributed by atoms with Crippen molar-refractivity contribution in [3.8, 4) is 11.3 Å². The summed E-state index contributed by atoms with van der Waals surface area (Å²) >= 11 is 3.10. The highest BCUT2D eigenvalue weighted by Gasteiger charge is 2.52. The Morgan fingerprint density at radius 1 is 1.41 bits per heavy atom. The highest BCUT2D eigenvalue weighted by atomic mass is 32.2. The molecular formula is C19H18N4O2S2. The first-order valence-corrected chi connectivity index (χ1v) is 10.7. The van der Waals surface area contributed by atoms with Crippen molar-refractivity contribution in [2.45, 2.75) is 30.7 Å². The monoisotopic (exact) mass is 398 g/mol. The van der Waals surface area contributed by atoms with E-state index < -0.39 is 6.04 Å². The molecule has 3 aromatic rings. The fourth-order valence-electron chi connectivity index (χ4n) is 3.94. The molecule has 6 nitrogen and oxygen atoms in total. The quantitative estimate of drug-likeness (QED) is 0.705. The van der Waals surface area contributed by atoms with Crippen molar-refractivity contribution in [1.82, 2.24) is 14.9 Å². The molecular weight excluding hydrogens is 380 g/mol. The van der Waals surface area contributed by atoms with E-state index in [1.54, 1.807) is 16.7 Å². The number of nitrogens with one attached hydrogen (secondary N) is 2. The number of H-pyrrole nitrogens is 1. The minimum absolute atomic E-state index is 0.0706. The van der Waals surface area contributed by atoms with Gasteiger partial charge in [0.1, 0.15) is 6.04 Å². The van der Waals surface area contributed by atoms with Gasteiger partial charge in [-0.3, -0.25) is 9.59 Å². The van der Waals surface area contributed by atoms with Crippen LogP contribution in [0.15, 0.2) is 35.8 Å². The van der Waals surface area contributed by atoms with Crippen LogP contribution in [0, 0.1) is 0 Å². The minimum atomic E-state index is -0.421. The number of nitrogens with zero attached hydrogens (tertiary/aromatic N) is 2. The summed E-state index contributed by atoms with van der Waals surface area (Å²) in [5.74, 6) is 0.553. The number of aromatic amines is 1. The topological polar surface area (TPSA) is 78.1 Å². The van der Waals surface area contributed by atoms with E-state index in [9.17, 15) is 9.59 Å². The average Bonchev–Trinajstić information content (AvgIpc) is 3.40. The van der Waals surface area contributed by atoms with Crippen molar-refractivity contribution in [3.63, 3.8) is 0 Å². The molecule has 27 heavy (non-hydrogen) atoms. The normalized spacial score (nSPS) is 24.6. The Hall–Kier alpha value is -2.32. The Bertz CT molecular complexity index is 1060. The van der Waals surface area contributed by atoms with Gasteiger partial charge in [-0.05, 0) is 19.4 Å². The van der Waals surface area contributed by atoms with E-state index >= 15 is 0 Å². The molecule has 2 fully saturated rings. The summed E-state index contributed by atoms with van der Waals surface area (Å²) in [6.07, 6.45) is 3.27. The van der Waals surface area contributed by atoms with Crippen LogP contribution in [0.4, 0.5) is 5.13 Å². The van der Waals surface area contributed by atoms with E-state index in [1.165, 1.54) is 11.3 Å². The first-order chi connectivity index (χ1) is 13.0. The minimum Gasteiger partial charge on any atom is -0.360 e. The Labute approximate surface area is 164 Å². The number of para-hydroxylation sites is 1. The lowest BCUT2D eigenvalue weighted by molar-refractivity contribution is -0.135. The molecule has 4 heterocycles. The maximum atomic E-state index is 12.8. The second kappa shape index (κ2) is 6.10. The van der Waals surface area contributed by atoms with Gasteiger partial charge in [0.05, 0.1) is 10.6 Å². The van der Waals surface area contributed by atoms with Crippen LogP contribution in [0.2, 0.25) is 0 Å². The number of thioether (sulfide) groups is 1. The SMILES string of the molecule is CC12CCC(=O)N1C(C(=O)Nc1nc(-c3c[nH]c4ccccc34)cs1)CS2. The number of amides is 2. The van der Waals surface area contributed by atoms with Crippen molar-refractivity contribution < 1.29 is 9.59 Å². The van der Waals surface area contributed by atoms with Gasteiger partial charge >= 0.3 is 0 Å². The molecule has 0 saturated carbocycles. The molecule has 2 amide bonds. The van der Waals surface area contributed by atoms with Gasteiger partial charge in [-0.15, -0.1) is 23.1 Å². The molecule has 2 aliphatic rings. The second-order valence-corrected chi connectivity index (χ2v) is 9.40.